The van der Waals surface area contributed by atoms with Crippen molar-refractivity contribution in [1.82, 2.24) is 0 Å². The van der Waals surface area contributed by atoms with Crippen LogP contribution in [0.4, 0.5) is 0 Å². The number of hydrogen-bond donors (Lipinski definition) is 2. The first-order valence-electron chi connectivity index (χ1n) is 5.27. The Morgan fingerprint density at radius 1 is 0.750 bits per heavy atom. The van der Waals surface area contributed by atoms with E-state index in [9.17, 15) is 0 Å². The van der Waals surface area contributed by atoms with Crippen molar-refractivity contribution in [2.45, 2.75) is 38.5 Å². The zero-order valence-corrected chi connectivity index (χ0v) is 7.97. The maximum atomic E-state index is 5.68. The second-order valence-corrected chi connectivity index (χ2v) is 4.07. The predicted molar refractivity (Wildman–Crippen MR) is 52.8 cm³/mol. The van der Waals surface area contributed by atoms with Gasteiger partial charge in [-0.1, -0.05) is 12.8 Å². The summed E-state index contributed by atoms with van der Waals surface area (Å²) >= 11 is 0. The first-order chi connectivity index (χ1) is 5.86. The monoisotopic (exact) mass is 170 g/mol. The van der Waals surface area contributed by atoms with Crippen molar-refractivity contribution in [1.29, 1.82) is 0 Å². The molecule has 0 radical (unpaired) electrons. The van der Waals surface area contributed by atoms with Gasteiger partial charge < -0.3 is 11.5 Å². The summed E-state index contributed by atoms with van der Waals surface area (Å²) in [6, 6.07) is 0. The Morgan fingerprint density at radius 3 is 1.50 bits per heavy atom. The fraction of sp³-hybridized carbons (Fsp3) is 1.00. The van der Waals surface area contributed by atoms with Crippen LogP contribution in [0.3, 0.4) is 0 Å². The third-order valence-electron chi connectivity index (χ3n) is 3.12. The molecule has 1 saturated carbocycles. The summed E-state index contributed by atoms with van der Waals surface area (Å²) in [5.41, 5.74) is 11.4. The first kappa shape index (κ1) is 10.0. The summed E-state index contributed by atoms with van der Waals surface area (Å²) in [4.78, 5) is 0. The van der Waals surface area contributed by atoms with E-state index in [4.69, 9.17) is 11.5 Å². The normalized spacial score (nSPS) is 32.5. The highest BCUT2D eigenvalue weighted by Crippen LogP contribution is 2.24. The molecule has 0 saturated heterocycles. The van der Waals surface area contributed by atoms with Gasteiger partial charge in [-0.3, -0.25) is 0 Å². The molecule has 12 heavy (non-hydrogen) atoms. The molecule has 2 heteroatoms. The molecule has 0 aromatic carbocycles. The fourth-order valence-corrected chi connectivity index (χ4v) is 2.10. The molecule has 0 amide bonds. The lowest BCUT2D eigenvalue weighted by molar-refractivity contribution is 0.321. The molecule has 0 aliphatic heterocycles. The van der Waals surface area contributed by atoms with Crippen molar-refractivity contribution in [3.8, 4) is 0 Å². The molecule has 0 spiro atoms. The van der Waals surface area contributed by atoms with Gasteiger partial charge in [0, 0.05) is 0 Å². The van der Waals surface area contributed by atoms with Crippen LogP contribution in [0, 0.1) is 11.8 Å². The summed E-state index contributed by atoms with van der Waals surface area (Å²) in [6.07, 6.45) is 8.01. The van der Waals surface area contributed by atoms with E-state index in [0.29, 0.717) is 0 Å². The average Bonchev–Trinajstić information content (AvgIpc) is 2.05. The highest BCUT2D eigenvalue weighted by Gasteiger charge is 2.14. The van der Waals surface area contributed by atoms with E-state index in [-0.39, 0.29) is 0 Å². The highest BCUT2D eigenvalue weighted by atomic mass is 14.6. The molecular weight excluding hydrogens is 148 g/mol. The van der Waals surface area contributed by atoms with Crippen molar-refractivity contribution in [3.63, 3.8) is 0 Å². The van der Waals surface area contributed by atoms with Crippen LogP contribution in [0.15, 0.2) is 0 Å². The lowest BCUT2D eigenvalue weighted by Gasteiger charge is -2.22. The molecule has 1 fully saturated rings. The van der Waals surface area contributed by atoms with Gasteiger partial charge in [0.25, 0.3) is 0 Å². The predicted octanol–water partition coefficient (Wildman–Crippen LogP) is 1.49. The molecule has 0 heterocycles. The van der Waals surface area contributed by atoms with Crippen LogP contribution in [0.1, 0.15) is 38.5 Å². The minimum Gasteiger partial charge on any atom is -0.330 e. The molecule has 4 N–H and O–H groups in total. The van der Waals surface area contributed by atoms with Crippen molar-refractivity contribution in [2.75, 3.05) is 13.1 Å². The van der Waals surface area contributed by atoms with E-state index in [1.807, 2.05) is 0 Å². The van der Waals surface area contributed by atoms with Gasteiger partial charge in [-0.15, -0.1) is 0 Å². The zero-order chi connectivity index (χ0) is 8.81. The lowest BCUT2D eigenvalue weighted by atomic mass is 9.85. The molecule has 2 atom stereocenters. The Labute approximate surface area is 75.7 Å². The molecule has 72 valence electrons. The van der Waals surface area contributed by atoms with E-state index >= 15 is 0 Å². The topological polar surface area (TPSA) is 52.0 Å². The van der Waals surface area contributed by atoms with Crippen LogP contribution < -0.4 is 11.5 Å². The van der Waals surface area contributed by atoms with Gasteiger partial charge in [-0.05, 0) is 50.6 Å². The van der Waals surface area contributed by atoms with Gasteiger partial charge in [-0.2, -0.15) is 0 Å². The number of nitrogens with two attached hydrogens (primary N) is 2. The molecule has 1 aliphatic rings. The van der Waals surface area contributed by atoms with Crippen LogP contribution in [0.2, 0.25) is 0 Å². The summed E-state index contributed by atoms with van der Waals surface area (Å²) < 4.78 is 0. The Hall–Kier alpha value is -0.0800. The number of hydrogen-bond acceptors (Lipinski definition) is 2. The number of rotatable bonds is 2. The van der Waals surface area contributed by atoms with Crippen LogP contribution in [0.5, 0.6) is 0 Å². The molecule has 0 aromatic rings. The van der Waals surface area contributed by atoms with E-state index < -0.39 is 0 Å². The molecule has 2 nitrogen and oxygen atoms in total. The summed E-state index contributed by atoms with van der Waals surface area (Å²) in [7, 11) is 0. The molecular formula is C10H22N2. The largest absolute Gasteiger partial charge is 0.330 e. The van der Waals surface area contributed by atoms with Gasteiger partial charge >= 0.3 is 0 Å². The molecule has 1 rings (SSSR count). The highest BCUT2D eigenvalue weighted by molar-refractivity contribution is 4.69. The maximum absolute atomic E-state index is 5.68. The van der Waals surface area contributed by atoms with Gasteiger partial charge in [0.1, 0.15) is 0 Å². The Bertz CT molecular complexity index is 100. The minimum absolute atomic E-state index is 0.777. The maximum Gasteiger partial charge on any atom is -0.00489 e. The van der Waals surface area contributed by atoms with Crippen LogP contribution in [-0.4, -0.2) is 13.1 Å². The standard InChI is InChI=1S/C10H22N2/c11-7-9-3-1-2-4-10(8-12)6-5-9/h9-10H,1-8,11-12H2. The summed E-state index contributed by atoms with van der Waals surface area (Å²) in [6.45, 7) is 1.74. The third-order valence-corrected chi connectivity index (χ3v) is 3.12. The molecule has 0 aromatic heterocycles. The van der Waals surface area contributed by atoms with Gasteiger partial charge in [0.15, 0.2) is 0 Å². The quantitative estimate of drug-likeness (QED) is 0.659. The lowest BCUT2D eigenvalue weighted by Crippen LogP contribution is -2.21. The second-order valence-electron chi connectivity index (χ2n) is 4.07. The molecule has 1 aliphatic carbocycles. The van der Waals surface area contributed by atoms with E-state index in [2.05, 4.69) is 0 Å². The average molecular weight is 170 g/mol. The Morgan fingerprint density at radius 2 is 1.17 bits per heavy atom. The fourth-order valence-electron chi connectivity index (χ4n) is 2.10. The zero-order valence-electron chi connectivity index (χ0n) is 7.97. The van der Waals surface area contributed by atoms with Crippen LogP contribution in [-0.2, 0) is 0 Å². The van der Waals surface area contributed by atoms with Crippen molar-refractivity contribution in [2.24, 2.45) is 23.3 Å². The van der Waals surface area contributed by atoms with Crippen molar-refractivity contribution >= 4 is 0 Å². The summed E-state index contributed by atoms with van der Waals surface area (Å²) in [5.74, 6) is 1.55. The van der Waals surface area contributed by atoms with E-state index in [0.717, 1.165) is 24.9 Å². The van der Waals surface area contributed by atoms with Gasteiger partial charge in [0.2, 0.25) is 0 Å². The SMILES string of the molecule is NCC1CCCCC(CN)CC1. The van der Waals surface area contributed by atoms with E-state index in [1.54, 1.807) is 0 Å². The van der Waals surface area contributed by atoms with Crippen molar-refractivity contribution in [3.05, 3.63) is 0 Å². The third kappa shape index (κ3) is 3.11. The smallest absolute Gasteiger partial charge is 0.00489 e. The van der Waals surface area contributed by atoms with Crippen LogP contribution >= 0.6 is 0 Å². The summed E-state index contributed by atoms with van der Waals surface area (Å²) in [5, 5.41) is 0. The van der Waals surface area contributed by atoms with Crippen LogP contribution in [0.25, 0.3) is 0 Å². The Kier molecular flexibility index (Phi) is 4.62. The minimum atomic E-state index is 0.777. The first-order valence-corrected chi connectivity index (χ1v) is 5.27. The van der Waals surface area contributed by atoms with Gasteiger partial charge in [0.05, 0.1) is 0 Å². The van der Waals surface area contributed by atoms with Gasteiger partial charge in [-0.25, -0.2) is 0 Å². The Balaban J connectivity index is 2.28. The molecule has 2 unspecified atom stereocenters. The van der Waals surface area contributed by atoms with Crippen molar-refractivity contribution < 1.29 is 0 Å². The second kappa shape index (κ2) is 5.55. The molecule has 0 bridgehead atoms. The van der Waals surface area contributed by atoms with E-state index in [1.165, 1.54) is 38.5 Å².